The summed E-state index contributed by atoms with van der Waals surface area (Å²) in [5.74, 6) is 0.370. The molecule has 0 fully saturated rings. The first kappa shape index (κ1) is 29.2. The van der Waals surface area contributed by atoms with E-state index >= 15 is 0 Å². The van der Waals surface area contributed by atoms with Crippen molar-refractivity contribution in [2.24, 2.45) is 16.1 Å². The maximum atomic E-state index is 12.7. The number of amides is 2. The highest BCUT2D eigenvalue weighted by molar-refractivity contribution is 6.00. The van der Waals surface area contributed by atoms with Crippen LogP contribution in [0.25, 0.3) is 0 Å². The topological polar surface area (TPSA) is 120 Å². The van der Waals surface area contributed by atoms with Gasteiger partial charge in [-0.1, -0.05) is 19.8 Å². The van der Waals surface area contributed by atoms with E-state index in [1.54, 1.807) is 50.6 Å². The minimum absolute atomic E-state index is 0.368. The Morgan fingerprint density at radius 3 is 1.62 bits per heavy atom. The number of hydrogen-bond donors (Lipinski definition) is 2. The fraction of sp³-hybridized carbons (Fsp3) is 0.407. The number of carbonyl (C=O) groups excluding carboxylic acids is 2. The molecule has 2 rings (SSSR count). The lowest BCUT2D eigenvalue weighted by Gasteiger charge is -2.13. The average molecular weight is 513 g/mol. The van der Waals surface area contributed by atoms with E-state index < -0.39 is 17.7 Å². The second-order valence-electron chi connectivity index (χ2n) is 7.85. The Bertz CT molecular complexity index is 1010. The molecule has 10 nitrogen and oxygen atoms in total. The summed E-state index contributed by atoms with van der Waals surface area (Å²) in [5.41, 5.74) is 6.31. The zero-order chi connectivity index (χ0) is 27.0. The monoisotopic (exact) mass is 512 g/mol. The van der Waals surface area contributed by atoms with Crippen molar-refractivity contribution in [2.75, 3.05) is 27.4 Å². The third-order valence-corrected chi connectivity index (χ3v) is 5.23. The van der Waals surface area contributed by atoms with Crippen molar-refractivity contribution in [3.05, 3.63) is 47.5 Å². The molecule has 0 heterocycles. The largest absolute Gasteiger partial charge is 0.493 e. The predicted octanol–water partition coefficient (Wildman–Crippen LogP) is 3.91. The number of hydrogen-bond acceptors (Lipinski definition) is 8. The molecule has 0 spiro atoms. The number of methoxy groups -OCH3 is 2. The molecular formula is C27H36N4O6. The molecule has 0 aromatic heterocycles. The smallest absolute Gasteiger partial charge is 0.252 e. The fourth-order valence-corrected chi connectivity index (χ4v) is 3.36. The summed E-state index contributed by atoms with van der Waals surface area (Å²) in [4.78, 5) is 25.5. The Kier molecular flexibility index (Phi) is 12.5. The maximum Gasteiger partial charge on any atom is 0.252 e. The van der Waals surface area contributed by atoms with Gasteiger partial charge in [0, 0.05) is 0 Å². The highest BCUT2D eigenvalue weighted by Crippen LogP contribution is 2.28. The zero-order valence-electron chi connectivity index (χ0n) is 22.1. The molecule has 2 aromatic carbocycles. The van der Waals surface area contributed by atoms with E-state index in [1.165, 1.54) is 12.4 Å². The van der Waals surface area contributed by atoms with Crippen LogP contribution in [0.2, 0.25) is 0 Å². The quantitative estimate of drug-likeness (QED) is 0.212. The van der Waals surface area contributed by atoms with Crippen LogP contribution in [0.15, 0.2) is 46.6 Å². The number of nitrogens with zero attached hydrogens (tertiary/aromatic N) is 2. The first-order valence-corrected chi connectivity index (χ1v) is 12.2. The third-order valence-electron chi connectivity index (χ3n) is 5.23. The van der Waals surface area contributed by atoms with Gasteiger partial charge in [0.05, 0.1) is 39.9 Å². The van der Waals surface area contributed by atoms with Gasteiger partial charge in [0.15, 0.2) is 23.0 Å². The van der Waals surface area contributed by atoms with Gasteiger partial charge >= 0.3 is 0 Å². The predicted molar refractivity (Wildman–Crippen MR) is 143 cm³/mol. The van der Waals surface area contributed by atoms with E-state index in [0.717, 1.165) is 6.42 Å². The zero-order valence-corrected chi connectivity index (χ0v) is 22.1. The first-order valence-electron chi connectivity index (χ1n) is 12.2. The number of nitrogens with one attached hydrogen (secondary N) is 2. The van der Waals surface area contributed by atoms with Crippen LogP contribution in [0, 0.1) is 5.92 Å². The molecule has 0 saturated heterocycles. The summed E-state index contributed by atoms with van der Waals surface area (Å²) in [7, 11) is 3.10. The van der Waals surface area contributed by atoms with Crippen LogP contribution < -0.4 is 29.8 Å². The van der Waals surface area contributed by atoms with Crippen molar-refractivity contribution in [3.63, 3.8) is 0 Å². The van der Waals surface area contributed by atoms with Crippen LogP contribution in [0.5, 0.6) is 23.0 Å². The molecule has 0 radical (unpaired) electrons. The average Bonchev–Trinajstić information content (AvgIpc) is 2.90. The van der Waals surface area contributed by atoms with E-state index in [0.29, 0.717) is 60.2 Å². The highest BCUT2D eigenvalue weighted by atomic mass is 16.5. The van der Waals surface area contributed by atoms with Gasteiger partial charge in [-0.3, -0.25) is 9.59 Å². The van der Waals surface area contributed by atoms with Crippen molar-refractivity contribution in [3.8, 4) is 23.0 Å². The molecule has 10 heteroatoms. The second-order valence-corrected chi connectivity index (χ2v) is 7.85. The van der Waals surface area contributed by atoms with E-state index in [1.807, 2.05) is 20.8 Å². The summed E-state index contributed by atoms with van der Waals surface area (Å²) in [6, 6.07) is 10.6. The number of unbranched alkanes of at least 4 members (excludes halogenated alkanes) is 1. The van der Waals surface area contributed by atoms with E-state index in [4.69, 9.17) is 18.9 Å². The van der Waals surface area contributed by atoms with Crippen molar-refractivity contribution in [2.45, 2.75) is 40.0 Å². The molecule has 37 heavy (non-hydrogen) atoms. The molecule has 1 unspecified atom stereocenters. The second kappa shape index (κ2) is 15.8. The van der Waals surface area contributed by atoms with Crippen LogP contribution in [-0.2, 0) is 9.59 Å². The van der Waals surface area contributed by atoms with Crippen LogP contribution in [-0.4, -0.2) is 51.7 Å². The van der Waals surface area contributed by atoms with Gasteiger partial charge in [-0.15, -0.1) is 0 Å². The molecule has 0 aliphatic rings. The Hall–Kier alpha value is -4.08. The maximum absolute atomic E-state index is 12.7. The van der Waals surface area contributed by atoms with Crippen LogP contribution in [0.3, 0.4) is 0 Å². The fourth-order valence-electron chi connectivity index (χ4n) is 3.36. The molecule has 0 bridgehead atoms. The van der Waals surface area contributed by atoms with E-state index in [9.17, 15) is 9.59 Å². The minimum atomic E-state index is -0.945. The van der Waals surface area contributed by atoms with Gasteiger partial charge in [-0.2, -0.15) is 10.2 Å². The van der Waals surface area contributed by atoms with Gasteiger partial charge < -0.3 is 18.9 Å². The van der Waals surface area contributed by atoms with Crippen LogP contribution >= 0.6 is 0 Å². The Morgan fingerprint density at radius 1 is 0.784 bits per heavy atom. The summed E-state index contributed by atoms with van der Waals surface area (Å²) in [5, 5.41) is 8.02. The molecule has 0 saturated carbocycles. The van der Waals surface area contributed by atoms with E-state index in [-0.39, 0.29) is 0 Å². The number of ether oxygens (including phenoxy) is 4. The number of benzene rings is 2. The SMILES string of the molecule is CCCCC(C(=O)N/N=C\c1ccc(OCC)c(OC)c1)C(=O)N/N=C/c1ccc(OCC)c(OC)c1. The molecular weight excluding hydrogens is 476 g/mol. The molecule has 0 aliphatic carbocycles. The highest BCUT2D eigenvalue weighted by Gasteiger charge is 2.25. The number of hydrazone groups is 2. The lowest BCUT2D eigenvalue weighted by atomic mass is 10.0. The summed E-state index contributed by atoms with van der Waals surface area (Å²) >= 11 is 0. The van der Waals surface area contributed by atoms with Gasteiger partial charge in [0.1, 0.15) is 5.92 Å². The summed E-state index contributed by atoms with van der Waals surface area (Å²) < 4.78 is 21.7. The first-order chi connectivity index (χ1) is 18.0. The third kappa shape index (κ3) is 9.14. The number of rotatable bonds is 15. The van der Waals surface area contributed by atoms with Gasteiger partial charge in [0.25, 0.3) is 11.8 Å². The van der Waals surface area contributed by atoms with Gasteiger partial charge in [-0.25, -0.2) is 10.9 Å². The Morgan fingerprint density at radius 2 is 1.24 bits per heavy atom. The molecule has 2 aromatic rings. The molecule has 2 amide bonds. The normalized spacial score (nSPS) is 11.8. The van der Waals surface area contributed by atoms with Crippen molar-refractivity contribution in [1.82, 2.24) is 10.9 Å². The number of carbonyl (C=O) groups is 2. The Labute approximate surface area is 218 Å². The summed E-state index contributed by atoms with van der Waals surface area (Å²) in [6.07, 6.45) is 4.85. The standard InChI is InChI=1S/C27H36N4O6/c1-6-9-10-21(26(32)30-28-17-19-11-13-22(36-7-2)24(15-19)34-4)27(33)31-29-18-20-12-14-23(37-8-3)25(16-20)35-5/h11-18,21H,6-10H2,1-5H3,(H,30,32)(H,31,33)/b28-17-,29-18+. The van der Waals surface area contributed by atoms with Crippen molar-refractivity contribution in [1.29, 1.82) is 0 Å². The molecule has 200 valence electrons. The molecule has 2 N–H and O–H groups in total. The lowest BCUT2D eigenvalue weighted by molar-refractivity contribution is -0.135. The summed E-state index contributed by atoms with van der Waals surface area (Å²) in [6.45, 7) is 6.79. The van der Waals surface area contributed by atoms with Crippen molar-refractivity contribution >= 4 is 24.2 Å². The Balaban J connectivity index is 2.03. The van der Waals surface area contributed by atoms with Gasteiger partial charge in [-0.05, 0) is 67.8 Å². The van der Waals surface area contributed by atoms with Crippen LogP contribution in [0.4, 0.5) is 0 Å². The molecule has 0 aliphatic heterocycles. The van der Waals surface area contributed by atoms with E-state index in [2.05, 4.69) is 21.1 Å². The lowest BCUT2D eigenvalue weighted by Crippen LogP contribution is -2.38. The van der Waals surface area contributed by atoms with Crippen LogP contribution in [0.1, 0.15) is 51.2 Å². The molecule has 1 atom stereocenters. The van der Waals surface area contributed by atoms with Crippen molar-refractivity contribution < 1.29 is 28.5 Å². The minimum Gasteiger partial charge on any atom is -0.493 e. The van der Waals surface area contributed by atoms with Gasteiger partial charge in [0.2, 0.25) is 0 Å².